The summed E-state index contributed by atoms with van der Waals surface area (Å²) >= 11 is 0. The van der Waals surface area contributed by atoms with Gasteiger partial charge in [0.1, 0.15) is 5.82 Å². The van der Waals surface area contributed by atoms with Crippen LogP contribution in [0.4, 0.5) is 23.2 Å². The van der Waals surface area contributed by atoms with E-state index in [0.29, 0.717) is 28.7 Å². The minimum absolute atomic E-state index is 0.0610. The fourth-order valence-electron chi connectivity index (χ4n) is 4.30. The molecule has 0 aliphatic carbocycles. The van der Waals surface area contributed by atoms with Crippen molar-refractivity contribution in [3.63, 3.8) is 0 Å². The first-order valence-electron chi connectivity index (χ1n) is 9.19. The number of anilines is 1. The zero-order valence-corrected chi connectivity index (χ0v) is 15.1. The first kappa shape index (κ1) is 17.8. The maximum Gasteiger partial charge on any atom is 0.420 e. The Bertz CT molecular complexity index is 1210. The number of benzene rings is 3. The number of alkyl halides is 3. The Balaban J connectivity index is 1.93. The van der Waals surface area contributed by atoms with Crippen molar-refractivity contribution in [1.82, 2.24) is 4.98 Å². The van der Waals surface area contributed by atoms with Crippen LogP contribution in [0.2, 0.25) is 0 Å². The van der Waals surface area contributed by atoms with Gasteiger partial charge in [0.25, 0.3) is 0 Å². The molecule has 29 heavy (non-hydrogen) atoms. The maximum atomic E-state index is 15.0. The van der Waals surface area contributed by atoms with E-state index < -0.39 is 17.5 Å². The van der Waals surface area contributed by atoms with Crippen molar-refractivity contribution in [1.29, 1.82) is 0 Å². The van der Waals surface area contributed by atoms with Crippen LogP contribution in [0.3, 0.4) is 0 Å². The molecule has 0 saturated carbocycles. The van der Waals surface area contributed by atoms with Crippen LogP contribution in [-0.2, 0) is 12.0 Å². The average molecular weight is 396 g/mol. The van der Waals surface area contributed by atoms with Gasteiger partial charge in [-0.05, 0) is 35.4 Å². The van der Waals surface area contributed by atoms with Gasteiger partial charge in [-0.1, -0.05) is 48.5 Å². The SMILES string of the molecule is Fc1ccc([C@]2(C(F)(F)F)Nc3ccccc3Cc3[nH]c4ccccc4c32)cc1. The second-order valence-corrected chi connectivity index (χ2v) is 7.24. The molecule has 0 bridgehead atoms. The molecule has 0 amide bonds. The van der Waals surface area contributed by atoms with Gasteiger partial charge in [0.2, 0.25) is 0 Å². The van der Waals surface area contributed by atoms with Crippen molar-refractivity contribution in [2.24, 2.45) is 0 Å². The Morgan fingerprint density at radius 2 is 1.52 bits per heavy atom. The molecule has 1 aliphatic rings. The molecular formula is C23H16F4N2. The highest BCUT2D eigenvalue weighted by Gasteiger charge is 2.60. The highest BCUT2D eigenvalue weighted by molar-refractivity contribution is 5.88. The molecule has 2 nitrogen and oxygen atoms in total. The number of nitrogens with one attached hydrogen (secondary N) is 2. The molecule has 4 aromatic rings. The molecule has 2 heterocycles. The molecule has 1 aliphatic heterocycles. The van der Waals surface area contributed by atoms with Gasteiger partial charge in [-0.3, -0.25) is 0 Å². The third-order valence-corrected chi connectivity index (χ3v) is 5.57. The number of aromatic nitrogens is 1. The lowest BCUT2D eigenvalue weighted by Crippen LogP contribution is -2.50. The van der Waals surface area contributed by atoms with Crippen LogP contribution in [0.5, 0.6) is 0 Å². The number of hydrogen-bond donors (Lipinski definition) is 2. The van der Waals surface area contributed by atoms with Gasteiger partial charge in [0, 0.05) is 34.3 Å². The molecule has 0 radical (unpaired) electrons. The van der Waals surface area contributed by atoms with E-state index in [2.05, 4.69) is 10.3 Å². The van der Waals surface area contributed by atoms with E-state index in [9.17, 15) is 17.6 Å². The number of rotatable bonds is 1. The minimum atomic E-state index is -4.69. The number of aromatic amines is 1. The maximum absolute atomic E-state index is 15.0. The van der Waals surface area contributed by atoms with E-state index in [1.165, 1.54) is 12.1 Å². The highest BCUT2D eigenvalue weighted by Crippen LogP contribution is 2.52. The van der Waals surface area contributed by atoms with Crippen LogP contribution in [0.15, 0.2) is 72.8 Å². The Morgan fingerprint density at radius 1 is 0.828 bits per heavy atom. The number of para-hydroxylation sites is 2. The lowest BCUT2D eigenvalue weighted by atomic mass is 9.80. The van der Waals surface area contributed by atoms with E-state index >= 15 is 0 Å². The molecule has 0 unspecified atom stereocenters. The molecule has 3 aromatic carbocycles. The van der Waals surface area contributed by atoms with Gasteiger partial charge in [-0.2, -0.15) is 13.2 Å². The summed E-state index contributed by atoms with van der Waals surface area (Å²) in [7, 11) is 0. The molecule has 0 saturated heterocycles. The van der Waals surface area contributed by atoms with Gasteiger partial charge >= 0.3 is 6.18 Å². The summed E-state index contributed by atoms with van der Waals surface area (Å²) in [5.41, 5.74) is -0.170. The second-order valence-electron chi connectivity index (χ2n) is 7.24. The van der Waals surface area contributed by atoms with Crippen molar-refractivity contribution < 1.29 is 17.6 Å². The van der Waals surface area contributed by atoms with E-state index in [-0.39, 0.29) is 11.1 Å². The lowest BCUT2D eigenvalue weighted by Gasteiger charge is -2.38. The van der Waals surface area contributed by atoms with Crippen molar-refractivity contribution in [3.8, 4) is 0 Å². The summed E-state index contributed by atoms with van der Waals surface area (Å²) in [6, 6.07) is 18.5. The summed E-state index contributed by atoms with van der Waals surface area (Å²) in [6.07, 6.45) is -4.37. The highest BCUT2D eigenvalue weighted by atomic mass is 19.4. The largest absolute Gasteiger partial charge is 0.420 e. The number of fused-ring (bicyclic) bond motifs is 4. The molecule has 0 fully saturated rings. The number of halogens is 4. The van der Waals surface area contributed by atoms with E-state index in [4.69, 9.17) is 0 Å². The molecule has 2 N–H and O–H groups in total. The molecular weight excluding hydrogens is 380 g/mol. The zero-order chi connectivity index (χ0) is 20.2. The molecule has 6 heteroatoms. The van der Waals surface area contributed by atoms with Gasteiger partial charge in [0.15, 0.2) is 5.54 Å². The standard InChI is InChI=1S/C23H16F4N2/c24-16-11-9-15(10-12-16)22(23(25,26)27)21-17-6-2-4-8-19(17)28-20(21)13-14-5-1-3-7-18(14)29-22/h1-12,28-29H,13H2/t22-/m0/s1. The number of H-pyrrole nitrogens is 1. The van der Waals surface area contributed by atoms with Crippen LogP contribution in [0.1, 0.15) is 22.4 Å². The third kappa shape index (κ3) is 2.55. The number of hydrogen-bond acceptors (Lipinski definition) is 1. The van der Waals surface area contributed by atoms with Crippen molar-refractivity contribution in [3.05, 3.63) is 101 Å². The Hall–Kier alpha value is -3.28. The minimum Gasteiger partial charge on any atom is -0.364 e. The quantitative estimate of drug-likeness (QED) is 0.372. The van der Waals surface area contributed by atoms with Gasteiger partial charge in [0.05, 0.1) is 0 Å². The van der Waals surface area contributed by atoms with E-state index in [1.807, 2.05) is 6.07 Å². The van der Waals surface area contributed by atoms with E-state index in [1.54, 1.807) is 42.5 Å². The second kappa shape index (κ2) is 6.11. The first-order chi connectivity index (χ1) is 13.9. The average Bonchev–Trinajstić information content (AvgIpc) is 2.97. The van der Waals surface area contributed by atoms with Crippen molar-refractivity contribution >= 4 is 16.6 Å². The van der Waals surface area contributed by atoms with Gasteiger partial charge < -0.3 is 10.3 Å². The van der Waals surface area contributed by atoms with Gasteiger partial charge in [-0.15, -0.1) is 0 Å². The van der Waals surface area contributed by atoms with Crippen molar-refractivity contribution in [2.45, 2.75) is 18.1 Å². The first-order valence-corrected chi connectivity index (χ1v) is 9.19. The molecule has 0 spiro atoms. The Kier molecular flexibility index (Phi) is 3.75. The van der Waals surface area contributed by atoms with Gasteiger partial charge in [-0.25, -0.2) is 4.39 Å². The van der Waals surface area contributed by atoms with Crippen LogP contribution in [0.25, 0.3) is 10.9 Å². The predicted molar refractivity (Wildman–Crippen MR) is 104 cm³/mol. The lowest BCUT2D eigenvalue weighted by molar-refractivity contribution is -0.169. The normalized spacial score (nSPS) is 18.6. The monoisotopic (exact) mass is 396 g/mol. The molecule has 1 atom stereocenters. The molecule has 1 aromatic heterocycles. The summed E-state index contributed by atoms with van der Waals surface area (Å²) in [6.45, 7) is 0. The summed E-state index contributed by atoms with van der Waals surface area (Å²) in [4.78, 5) is 3.19. The third-order valence-electron chi connectivity index (χ3n) is 5.57. The van der Waals surface area contributed by atoms with E-state index in [0.717, 1.165) is 17.7 Å². The Morgan fingerprint density at radius 3 is 2.28 bits per heavy atom. The zero-order valence-electron chi connectivity index (χ0n) is 15.1. The molecule has 5 rings (SSSR count). The Labute approximate surface area is 164 Å². The summed E-state index contributed by atoms with van der Waals surface area (Å²) in [5.74, 6) is -0.584. The van der Waals surface area contributed by atoms with Crippen LogP contribution in [-0.4, -0.2) is 11.2 Å². The molecule has 146 valence electrons. The fraction of sp³-hybridized carbons (Fsp3) is 0.130. The van der Waals surface area contributed by atoms with Crippen LogP contribution < -0.4 is 5.32 Å². The topological polar surface area (TPSA) is 27.8 Å². The van der Waals surface area contributed by atoms with Crippen LogP contribution in [0, 0.1) is 5.82 Å². The van der Waals surface area contributed by atoms with Crippen LogP contribution >= 0.6 is 0 Å². The summed E-state index contributed by atoms with van der Waals surface area (Å²) in [5, 5.41) is 3.31. The fourth-order valence-corrected chi connectivity index (χ4v) is 4.30. The predicted octanol–water partition coefficient (Wildman–Crippen LogP) is 6.13. The summed E-state index contributed by atoms with van der Waals surface area (Å²) < 4.78 is 58.5. The van der Waals surface area contributed by atoms with Crippen molar-refractivity contribution in [2.75, 3.05) is 5.32 Å². The smallest absolute Gasteiger partial charge is 0.364 e.